The van der Waals surface area contributed by atoms with Gasteiger partial charge in [0.05, 0.1) is 6.04 Å². The molecule has 1 atom stereocenters. The average molecular weight is 244 g/mol. The van der Waals surface area contributed by atoms with Gasteiger partial charge in [0, 0.05) is 5.56 Å². The summed E-state index contributed by atoms with van der Waals surface area (Å²) < 4.78 is 13.9. The molecule has 1 unspecified atom stereocenters. The summed E-state index contributed by atoms with van der Waals surface area (Å²) in [7, 11) is 0. The van der Waals surface area contributed by atoms with Gasteiger partial charge >= 0.3 is 0 Å². The molecule has 0 saturated heterocycles. The van der Waals surface area contributed by atoms with Crippen LogP contribution in [0, 0.1) is 19.7 Å². The van der Waals surface area contributed by atoms with Crippen LogP contribution in [-0.4, -0.2) is 0 Å². The Balaban J connectivity index is 2.44. The van der Waals surface area contributed by atoms with Crippen molar-refractivity contribution in [2.24, 2.45) is 5.84 Å². The summed E-state index contributed by atoms with van der Waals surface area (Å²) in [6, 6.07) is 12.6. The lowest BCUT2D eigenvalue weighted by atomic mass is 9.96. The molecule has 3 N–H and O–H groups in total. The number of nitrogens with one attached hydrogen (secondary N) is 1. The van der Waals surface area contributed by atoms with E-state index in [1.54, 1.807) is 6.07 Å². The first kappa shape index (κ1) is 12.7. The molecular weight excluding hydrogens is 227 g/mol. The molecule has 0 aliphatic carbocycles. The summed E-state index contributed by atoms with van der Waals surface area (Å²) in [5.41, 5.74) is 6.38. The zero-order valence-electron chi connectivity index (χ0n) is 10.6. The highest BCUT2D eigenvalue weighted by molar-refractivity contribution is 5.35. The number of hydrazine groups is 1. The van der Waals surface area contributed by atoms with Crippen molar-refractivity contribution in [3.8, 4) is 0 Å². The van der Waals surface area contributed by atoms with Crippen molar-refractivity contribution in [2.45, 2.75) is 19.9 Å². The van der Waals surface area contributed by atoms with Gasteiger partial charge in [0.2, 0.25) is 0 Å². The standard InChI is InChI=1S/C15H17FN2/c1-10-3-6-12(7-4-10)15(18-17)13-9-11(2)5-8-14(13)16/h3-9,15,18H,17H2,1-2H3. The Morgan fingerprint density at radius 2 is 1.61 bits per heavy atom. The lowest BCUT2D eigenvalue weighted by Crippen LogP contribution is -2.29. The van der Waals surface area contributed by atoms with Gasteiger partial charge in [-0.25, -0.2) is 9.82 Å². The third kappa shape index (κ3) is 2.58. The molecule has 0 amide bonds. The quantitative estimate of drug-likeness (QED) is 0.643. The summed E-state index contributed by atoms with van der Waals surface area (Å²) in [5.74, 6) is 5.33. The fourth-order valence-electron chi connectivity index (χ4n) is 2.01. The molecule has 94 valence electrons. The first-order chi connectivity index (χ1) is 8.61. The first-order valence-corrected chi connectivity index (χ1v) is 5.90. The van der Waals surface area contributed by atoms with E-state index in [-0.39, 0.29) is 11.9 Å². The van der Waals surface area contributed by atoms with Gasteiger partial charge in [-0.1, -0.05) is 47.5 Å². The Bertz CT molecular complexity index is 535. The summed E-state index contributed by atoms with van der Waals surface area (Å²) >= 11 is 0. The van der Waals surface area contributed by atoms with Crippen molar-refractivity contribution in [1.82, 2.24) is 5.43 Å². The molecule has 2 rings (SSSR count). The second-order valence-corrected chi connectivity index (χ2v) is 4.54. The zero-order valence-corrected chi connectivity index (χ0v) is 10.6. The summed E-state index contributed by atoms with van der Waals surface area (Å²) in [6.07, 6.45) is 0. The number of rotatable bonds is 3. The maximum atomic E-state index is 13.9. The van der Waals surface area contributed by atoms with Crippen LogP contribution in [0.4, 0.5) is 4.39 Å². The fourth-order valence-corrected chi connectivity index (χ4v) is 2.01. The number of nitrogens with two attached hydrogens (primary N) is 1. The average Bonchev–Trinajstić information content (AvgIpc) is 2.37. The van der Waals surface area contributed by atoms with Crippen molar-refractivity contribution >= 4 is 0 Å². The molecule has 0 aliphatic rings. The first-order valence-electron chi connectivity index (χ1n) is 5.90. The highest BCUT2D eigenvalue weighted by Crippen LogP contribution is 2.24. The summed E-state index contributed by atoms with van der Waals surface area (Å²) in [5, 5.41) is 0. The van der Waals surface area contributed by atoms with E-state index < -0.39 is 0 Å². The van der Waals surface area contributed by atoms with Gasteiger partial charge in [-0.3, -0.25) is 5.84 Å². The third-order valence-corrected chi connectivity index (χ3v) is 3.04. The van der Waals surface area contributed by atoms with Crippen LogP contribution in [0.5, 0.6) is 0 Å². The molecule has 2 aromatic carbocycles. The van der Waals surface area contributed by atoms with Crippen LogP contribution in [0.1, 0.15) is 28.3 Å². The van der Waals surface area contributed by atoms with Crippen molar-refractivity contribution < 1.29 is 4.39 Å². The minimum atomic E-state index is -0.328. The Kier molecular flexibility index (Phi) is 3.75. The molecule has 0 aromatic heterocycles. The lowest BCUT2D eigenvalue weighted by Gasteiger charge is -2.18. The Morgan fingerprint density at radius 3 is 2.22 bits per heavy atom. The molecule has 0 saturated carbocycles. The molecule has 0 aliphatic heterocycles. The molecule has 0 radical (unpaired) electrons. The molecule has 0 bridgehead atoms. The van der Waals surface area contributed by atoms with Crippen LogP contribution >= 0.6 is 0 Å². The second kappa shape index (κ2) is 5.29. The van der Waals surface area contributed by atoms with Gasteiger partial charge in [0.15, 0.2) is 0 Å². The van der Waals surface area contributed by atoms with Crippen LogP contribution in [0.25, 0.3) is 0 Å². The molecule has 18 heavy (non-hydrogen) atoms. The molecule has 0 heterocycles. The van der Waals surface area contributed by atoms with Gasteiger partial charge in [0.1, 0.15) is 5.82 Å². The molecule has 0 spiro atoms. The maximum absolute atomic E-state index is 13.9. The topological polar surface area (TPSA) is 38.0 Å². The predicted octanol–water partition coefficient (Wildman–Crippen LogP) is 3.00. The van der Waals surface area contributed by atoms with Gasteiger partial charge in [-0.15, -0.1) is 0 Å². The lowest BCUT2D eigenvalue weighted by molar-refractivity contribution is 0.559. The van der Waals surface area contributed by atoms with E-state index in [2.05, 4.69) is 5.43 Å². The van der Waals surface area contributed by atoms with E-state index in [0.29, 0.717) is 5.56 Å². The van der Waals surface area contributed by atoms with E-state index in [1.807, 2.05) is 44.2 Å². The van der Waals surface area contributed by atoms with Crippen molar-refractivity contribution in [3.05, 3.63) is 70.5 Å². The minimum absolute atomic E-state index is 0.246. The number of hydrogen-bond acceptors (Lipinski definition) is 2. The van der Waals surface area contributed by atoms with Gasteiger partial charge in [-0.2, -0.15) is 0 Å². The fraction of sp³-hybridized carbons (Fsp3) is 0.200. The van der Waals surface area contributed by atoms with Crippen LogP contribution in [0.3, 0.4) is 0 Å². The van der Waals surface area contributed by atoms with E-state index in [1.165, 1.54) is 11.6 Å². The van der Waals surface area contributed by atoms with Crippen LogP contribution in [-0.2, 0) is 0 Å². The number of halogens is 1. The van der Waals surface area contributed by atoms with Crippen LogP contribution in [0.15, 0.2) is 42.5 Å². The summed E-state index contributed by atoms with van der Waals surface area (Å²) in [6.45, 7) is 3.95. The smallest absolute Gasteiger partial charge is 0.128 e. The second-order valence-electron chi connectivity index (χ2n) is 4.54. The highest BCUT2D eigenvalue weighted by Gasteiger charge is 2.16. The van der Waals surface area contributed by atoms with Gasteiger partial charge in [0.25, 0.3) is 0 Å². The maximum Gasteiger partial charge on any atom is 0.128 e. The summed E-state index contributed by atoms with van der Waals surface area (Å²) in [4.78, 5) is 0. The number of benzene rings is 2. The monoisotopic (exact) mass is 244 g/mol. The van der Waals surface area contributed by atoms with E-state index >= 15 is 0 Å². The van der Waals surface area contributed by atoms with E-state index in [4.69, 9.17) is 5.84 Å². The van der Waals surface area contributed by atoms with Gasteiger partial charge in [-0.05, 0) is 25.5 Å². The molecular formula is C15H17FN2. The Hall–Kier alpha value is -1.71. The molecule has 3 heteroatoms. The molecule has 2 nitrogen and oxygen atoms in total. The third-order valence-electron chi connectivity index (χ3n) is 3.04. The Labute approximate surface area is 107 Å². The van der Waals surface area contributed by atoms with E-state index in [9.17, 15) is 4.39 Å². The molecule has 0 fully saturated rings. The molecule has 2 aromatic rings. The van der Waals surface area contributed by atoms with Crippen molar-refractivity contribution in [2.75, 3.05) is 0 Å². The largest absolute Gasteiger partial charge is 0.271 e. The van der Waals surface area contributed by atoms with Crippen LogP contribution in [0.2, 0.25) is 0 Å². The van der Waals surface area contributed by atoms with Crippen molar-refractivity contribution in [3.63, 3.8) is 0 Å². The van der Waals surface area contributed by atoms with Crippen molar-refractivity contribution in [1.29, 1.82) is 0 Å². The number of hydrogen-bond donors (Lipinski definition) is 2. The Morgan fingerprint density at radius 1 is 1.00 bits per heavy atom. The minimum Gasteiger partial charge on any atom is -0.271 e. The highest BCUT2D eigenvalue weighted by atomic mass is 19.1. The van der Waals surface area contributed by atoms with Gasteiger partial charge < -0.3 is 0 Å². The van der Waals surface area contributed by atoms with Crippen LogP contribution < -0.4 is 11.3 Å². The van der Waals surface area contributed by atoms with E-state index in [0.717, 1.165) is 11.1 Å². The predicted molar refractivity (Wildman–Crippen MR) is 71.5 cm³/mol. The normalized spacial score (nSPS) is 12.4. The zero-order chi connectivity index (χ0) is 13.1. The number of aryl methyl sites for hydroxylation is 2. The SMILES string of the molecule is Cc1ccc(C(NN)c2cc(C)ccc2F)cc1.